The molecule has 140 valence electrons. The number of nitrogens with one attached hydrogen (secondary N) is 1. The van der Waals surface area contributed by atoms with Crippen molar-refractivity contribution in [1.29, 1.82) is 0 Å². The Morgan fingerprint density at radius 1 is 1.22 bits per heavy atom. The van der Waals surface area contributed by atoms with E-state index in [1.54, 1.807) is 36.3 Å². The molecule has 2 atom stereocenters. The number of halogens is 1. The van der Waals surface area contributed by atoms with Crippen molar-refractivity contribution in [3.63, 3.8) is 0 Å². The molecular formula is C21H21FN2O3. The van der Waals surface area contributed by atoms with E-state index in [0.29, 0.717) is 24.4 Å². The van der Waals surface area contributed by atoms with Crippen molar-refractivity contribution in [3.8, 4) is 5.75 Å². The molecule has 1 heterocycles. The van der Waals surface area contributed by atoms with Gasteiger partial charge in [0, 0.05) is 30.6 Å². The van der Waals surface area contributed by atoms with E-state index < -0.39 is 0 Å². The van der Waals surface area contributed by atoms with Crippen LogP contribution < -0.4 is 15.0 Å². The zero-order chi connectivity index (χ0) is 19.0. The SMILES string of the molecule is COc1cc(NC(=O)C2CC2c2ccc(F)cc2)ccc1N1CCCC1=O. The molecule has 5 nitrogen and oxygen atoms in total. The van der Waals surface area contributed by atoms with Gasteiger partial charge in [-0.15, -0.1) is 0 Å². The zero-order valence-electron chi connectivity index (χ0n) is 15.1. The van der Waals surface area contributed by atoms with E-state index >= 15 is 0 Å². The lowest BCUT2D eigenvalue weighted by Gasteiger charge is -2.19. The maximum atomic E-state index is 13.0. The third-order valence-electron chi connectivity index (χ3n) is 5.24. The van der Waals surface area contributed by atoms with E-state index in [1.165, 1.54) is 12.1 Å². The fourth-order valence-corrected chi connectivity index (χ4v) is 3.68. The van der Waals surface area contributed by atoms with E-state index in [4.69, 9.17) is 4.74 Å². The molecule has 0 radical (unpaired) electrons. The van der Waals surface area contributed by atoms with Crippen molar-refractivity contribution in [2.45, 2.75) is 25.2 Å². The van der Waals surface area contributed by atoms with Crippen molar-refractivity contribution >= 4 is 23.2 Å². The predicted octanol–water partition coefficient (Wildman–Crippen LogP) is 3.70. The minimum Gasteiger partial charge on any atom is -0.494 e. The van der Waals surface area contributed by atoms with Crippen LogP contribution in [0.2, 0.25) is 0 Å². The first kappa shape index (κ1) is 17.5. The Kier molecular flexibility index (Phi) is 4.56. The topological polar surface area (TPSA) is 58.6 Å². The average molecular weight is 368 g/mol. The Bertz CT molecular complexity index is 881. The minimum absolute atomic E-state index is 0.0589. The molecule has 2 aliphatic rings. The molecule has 1 saturated carbocycles. The molecular weight excluding hydrogens is 347 g/mol. The number of amides is 2. The zero-order valence-corrected chi connectivity index (χ0v) is 15.1. The van der Waals surface area contributed by atoms with Crippen LogP contribution >= 0.6 is 0 Å². The monoisotopic (exact) mass is 368 g/mol. The Balaban J connectivity index is 1.44. The summed E-state index contributed by atoms with van der Waals surface area (Å²) in [5, 5.41) is 2.92. The lowest BCUT2D eigenvalue weighted by molar-refractivity contribution is -0.118. The van der Waals surface area contributed by atoms with Crippen molar-refractivity contribution in [2.24, 2.45) is 5.92 Å². The highest BCUT2D eigenvalue weighted by Crippen LogP contribution is 2.48. The van der Waals surface area contributed by atoms with Gasteiger partial charge in [0.25, 0.3) is 0 Å². The fraction of sp³-hybridized carbons (Fsp3) is 0.333. The second kappa shape index (κ2) is 7.02. The standard InChI is InChI=1S/C21H21FN2O3/c1-27-19-11-15(8-9-18(19)24-10-2-3-20(24)25)23-21(26)17-12-16(17)13-4-6-14(22)7-5-13/h4-9,11,16-17H,2-3,10,12H2,1H3,(H,23,26). The number of hydrogen-bond acceptors (Lipinski definition) is 3. The number of hydrogen-bond donors (Lipinski definition) is 1. The van der Waals surface area contributed by atoms with Crippen LogP contribution in [0.3, 0.4) is 0 Å². The first-order chi connectivity index (χ1) is 13.1. The maximum absolute atomic E-state index is 13.0. The summed E-state index contributed by atoms with van der Waals surface area (Å²) in [4.78, 5) is 26.2. The molecule has 27 heavy (non-hydrogen) atoms. The lowest BCUT2D eigenvalue weighted by Crippen LogP contribution is -2.24. The van der Waals surface area contributed by atoms with Crippen LogP contribution in [0.25, 0.3) is 0 Å². The van der Waals surface area contributed by atoms with Crippen molar-refractivity contribution in [2.75, 3.05) is 23.9 Å². The van der Waals surface area contributed by atoms with Gasteiger partial charge in [-0.05, 0) is 48.6 Å². The van der Waals surface area contributed by atoms with E-state index in [2.05, 4.69) is 5.32 Å². The average Bonchev–Trinajstić information content (AvgIpc) is 3.37. The van der Waals surface area contributed by atoms with Gasteiger partial charge in [0.15, 0.2) is 0 Å². The summed E-state index contributed by atoms with van der Waals surface area (Å²) in [6, 6.07) is 11.7. The van der Waals surface area contributed by atoms with Crippen LogP contribution in [0.4, 0.5) is 15.8 Å². The number of nitrogens with zero attached hydrogens (tertiary/aromatic N) is 1. The van der Waals surface area contributed by atoms with E-state index in [0.717, 1.165) is 24.1 Å². The lowest BCUT2D eigenvalue weighted by atomic mass is 10.1. The number of carbonyl (C=O) groups is 2. The fourth-order valence-electron chi connectivity index (χ4n) is 3.68. The Hall–Kier alpha value is -2.89. The maximum Gasteiger partial charge on any atom is 0.228 e. The van der Waals surface area contributed by atoms with E-state index in [1.807, 2.05) is 6.07 Å². The molecule has 6 heteroatoms. The molecule has 1 aliphatic carbocycles. The first-order valence-corrected chi connectivity index (χ1v) is 9.11. The molecule has 2 unspecified atom stereocenters. The summed E-state index contributed by atoms with van der Waals surface area (Å²) >= 11 is 0. The van der Waals surface area contributed by atoms with Gasteiger partial charge in [-0.2, -0.15) is 0 Å². The number of methoxy groups -OCH3 is 1. The summed E-state index contributed by atoms with van der Waals surface area (Å²) in [6.07, 6.45) is 2.15. The number of ether oxygens (including phenoxy) is 1. The molecule has 0 spiro atoms. The Labute approximate surface area is 157 Å². The summed E-state index contributed by atoms with van der Waals surface area (Å²) in [7, 11) is 1.55. The number of anilines is 2. The van der Waals surface area contributed by atoms with Gasteiger partial charge in [-0.25, -0.2) is 4.39 Å². The van der Waals surface area contributed by atoms with Crippen molar-refractivity contribution in [3.05, 3.63) is 53.8 Å². The van der Waals surface area contributed by atoms with Crippen LogP contribution in [0.15, 0.2) is 42.5 Å². The summed E-state index contributed by atoms with van der Waals surface area (Å²) in [5.41, 5.74) is 2.35. The number of carbonyl (C=O) groups excluding carboxylic acids is 2. The third-order valence-corrected chi connectivity index (χ3v) is 5.24. The van der Waals surface area contributed by atoms with E-state index in [9.17, 15) is 14.0 Å². The molecule has 1 aliphatic heterocycles. The molecule has 4 rings (SSSR count). The van der Waals surface area contributed by atoms with Gasteiger partial charge in [-0.3, -0.25) is 9.59 Å². The molecule has 0 bridgehead atoms. The molecule has 0 aromatic heterocycles. The van der Waals surface area contributed by atoms with Gasteiger partial charge in [-0.1, -0.05) is 12.1 Å². The molecule has 2 amide bonds. The third kappa shape index (κ3) is 3.52. The quantitative estimate of drug-likeness (QED) is 0.875. The van der Waals surface area contributed by atoms with Gasteiger partial charge < -0.3 is 15.0 Å². The Morgan fingerprint density at radius 2 is 2.00 bits per heavy atom. The largest absolute Gasteiger partial charge is 0.494 e. The molecule has 2 aromatic carbocycles. The number of benzene rings is 2. The molecule has 1 saturated heterocycles. The van der Waals surface area contributed by atoms with Gasteiger partial charge in [0.1, 0.15) is 11.6 Å². The summed E-state index contributed by atoms with van der Waals surface area (Å²) in [6.45, 7) is 0.683. The second-order valence-electron chi connectivity index (χ2n) is 7.03. The second-order valence-corrected chi connectivity index (χ2v) is 7.03. The highest BCUT2D eigenvalue weighted by Gasteiger charge is 2.44. The highest BCUT2D eigenvalue weighted by molar-refractivity contribution is 5.98. The molecule has 1 N–H and O–H groups in total. The van der Waals surface area contributed by atoms with Crippen molar-refractivity contribution < 1.29 is 18.7 Å². The first-order valence-electron chi connectivity index (χ1n) is 9.11. The molecule has 2 aromatic rings. The van der Waals surface area contributed by atoms with Gasteiger partial charge >= 0.3 is 0 Å². The van der Waals surface area contributed by atoms with Gasteiger partial charge in [0.2, 0.25) is 11.8 Å². The predicted molar refractivity (Wildman–Crippen MR) is 100 cm³/mol. The number of rotatable bonds is 5. The van der Waals surface area contributed by atoms with Crippen LogP contribution in [-0.2, 0) is 9.59 Å². The van der Waals surface area contributed by atoms with Crippen LogP contribution in [0, 0.1) is 11.7 Å². The van der Waals surface area contributed by atoms with Crippen LogP contribution in [0.5, 0.6) is 5.75 Å². The van der Waals surface area contributed by atoms with Crippen LogP contribution in [-0.4, -0.2) is 25.5 Å². The molecule has 2 fully saturated rings. The van der Waals surface area contributed by atoms with Crippen LogP contribution in [0.1, 0.15) is 30.7 Å². The summed E-state index contributed by atoms with van der Waals surface area (Å²) < 4.78 is 18.5. The van der Waals surface area contributed by atoms with E-state index in [-0.39, 0.29) is 29.5 Å². The minimum atomic E-state index is -0.274. The normalized spacial score (nSPS) is 21.3. The summed E-state index contributed by atoms with van der Waals surface area (Å²) in [5.74, 6) is 0.342. The van der Waals surface area contributed by atoms with Crippen molar-refractivity contribution in [1.82, 2.24) is 0 Å². The Morgan fingerprint density at radius 3 is 2.67 bits per heavy atom. The highest BCUT2D eigenvalue weighted by atomic mass is 19.1. The van der Waals surface area contributed by atoms with Gasteiger partial charge in [0.05, 0.1) is 12.8 Å². The smallest absolute Gasteiger partial charge is 0.228 e.